The maximum atomic E-state index is 14.9. The normalized spacial score (nSPS) is 15.7. The van der Waals surface area contributed by atoms with Crippen LogP contribution >= 0.6 is 11.6 Å². The van der Waals surface area contributed by atoms with E-state index in [9.17, 15) is 14.3 Å². The van der Waals surface area contributed by atoms with E-state index >= 15 is 0 Å². The number of aromatic hydroxyl groups is 1. The number of phenolic OH excluding ortho intramolecular Hbond substituents is 1. The van der Waals surface area contributed by atoms with Crippen molar-refractivity contribution in [2.24, 2.45) is 0 Å². The zero-order valence-corrected chi connectivity index (χ0v) is 18.0. The standard InChI is InChI=1S/C23H23ClFN3O3/c1-13(2)31-11-5-10-28-22(15-6-3-4-7-17(15)25)19-20(26-27-21(19)23(28)30)16-12-14(24)8-9-18(16)29/h3-4,6-9,12-13,22,29H,5,10-11H2,1-2H3,(H,26,27)/t22-/m1/s1. The van der Waals surface area contributed by atoms with Gasteiger partial charge >= 0.3 is 0 Å². The molecule has 0 fully saturated rings. The summed E-state index contributed by atoms with van der Waals surface area (Å²) >= 11 is 6.13. The number of aromatic nitrogens is 2. The van der Waals surface area contributed by atoms with E-state index in [1.54, 1.807) is 35.2 Å². The molecule has 2 N–H and O–H groups in total. The molecule has 0 unspecified atom stereocenters. The van der Waals surface area contributed by atoms with Crippen molar-refractivity contribution < 1.29 is 19.0 Å². The number of phenols is 1. The van der Waals surface area contributed by atoms with Gasteiger partial charge in [-0.3, -0.25) is 9.89 Å². The molecule has 6 nitrogen and oxygen atoms in total. The summed E-state index contributed by atoms with van der Waals surface area (Å²) in [6.07, 6.45) is 0.690. The molecule has 0 saturated carbocycles. The van der Waals surface area contributed by atoms with Crippen molar-refractivity contribution in [3.8, 4) is 17.0 Å². The summed E-state index contributed by atoms with van der Waals surface area (Å²) in [7, 11) is 0. The average molecular weight is 444 g/mol. The van der Waals surface area contributed by atoms with E-state index in [1.807, 2.05) is 13.8 Å². The molecular formula is C23H23ClFN3O3. The number of amides is 1. The van der Waals surface area contributed by atoms with Gasteiger partial charge < -0.3 is 14.7 Å². The second-order valence-electron chi connectivity index (χ2n) is 7.72. The molecule has 2 heterocycles. The molecule has 0 aliphatic carbocycles. The highest BCUT2D eigenvalue weighted by atomic mass is 35.5. The highest BCUT2D eigenvalue weighted by Gasteiger charge is 2.43. The fourth-order valence-corrected chi connectivity index (χ4v) is 4.08. The van der Waals surface area contributed by atoms with E-state index in [2.05, 4.69) is 10.2 Å². The zero-order chi connectivity index (χ0) is 22.1. The zero-order valence-electron chi connectivity index (χ0n) is 17.2. The van der Waals surface area contributed by atoms with E-state index in [0.717, 1.165) is 0 Å². The molecule has 1 aliphatic heterocycles. The van der Waals surface area contributed by atoms with Crippen molar-refractivity contribution in [1.82, 2.24) is 15.1 Å². The molecule has 3 aromatic rings. The fraction of sp³-hybridized carbons (Fsp3) is 0.304. The molecule has 8 heteroatoms. The highest BCUT2D eigenvalue weighted by Crippen LogP contribution is 2.45. The molecule has 0 bridgehead atoms. The molecule has 1 aliphatic rings. The van der Waals surface area contributed by atoms with E-state index < -0.39 is 11.9 Å². The van der Waals surface area contributed by atoms with Crippen LogP contribution in [0.1, 0.15) is 47.9 Å². The Morgan fingerprint density at radius 1 is 1.29 bits per heavy atom. The molecule has 0 saturated heterocycles. The largest absolute Gasteiger partial charge is 0.507 e. The Morgan fingerprint density at radius 2 is 2.06 bits per heavy atom. The van der Waals surface area contributed by atoms with Crippen LogP contribution in [0.3, 0.4) is 0 Å². The molecule has 2 aromatic carbocycles. The van der Waals surface area contributed by atoms with Crippen LogP contribution in [-0.4, -0.2) is 45.4 Å². The number of fused-ring (bicyclic) bond motifs is 1. The Hall–Kier alpha value is -2.90. The quantitative estimate of drug-likeness (QED) is 0.507. The van der Waals surface area contributed by atoms with Crippen molar-refractivity contribution >= 4 is 17.5 Å². The fourth-order valence-electron chi connectivity index (χ4n) is 3.90. The number of hydrogen-bond acceptors (Lipinski definition) is 4. The number of H-pyrrole nitrogens is 1. The number of nitrogens with zero attached hydrogens (tertiary/aromatic N) is 2. The summed E-state index contributed by atoms with van der Waals surface area (Å²) in [6.45, 7) is 4.76. The minimum Gasteiger partial charge on any atom is -0.507 e. The van der Waals surface area contributed by atoms with Gasteiger partial charge in [-0.15, -0.1) is 0 Å². The maximum Gasteiger partial charge on any atom is 0.273 e. The van der Waals surface area contributed by atoms with E-state index in [-0.39, 0.29) is 23.5 Å². The molecular weight excluding hydrogens is 421 g/mol. The average Bonchev–Trinajstić information content (AvgIpc) is 3.27. The summed E-state index contributed by atoms with van der Waals surface area (Å²) in [5, 5.41) is 17.9. The van der Waals surface area contributed by atoms with Gasteiger partial charge in [-0.1, -0.05) is 29.8 Å². The lowest BCUT2D eigenvalue weighted by Crippen LogP contribution is -2.31. The summed E-state index contributed by atoms with van der Waals surface area (Å²) in [5.41, 5.74) is 1.93. The number of aromatic amines is 1. The van der Waals surface area contributed by atoms with Crippen LogP contribution in [0.15, 0.2) is 42.5 Å². The smallest absolute Gasteiger partial charge is 0.273 e. The van der Waals surface area contributed by atoms with Crippen LogP contribution in [-0.2, 0) is 4.74 Å². The van der Waals surface area contributed by atoms with Crippen LogP contribution in [0.4, 0.5) is 4.39 Å². The van der Waals surface area contributed by atoms with Gasteiger partial charge in [0.15, 0.2) is 0 Å². The number of carbonyl (C=O) groups is 1. The third kappa shape index (κ3) is 4.03. The molecule has 4 rings (SSSR count). The molecule has 31 heavy (non-hydrogen) atoms. The first kappa shape index (κ1) is 21.3. The molecule has 0 radical (unpaired) electrons. The summed E-state index contributed by atoms with van der Waals surface area (Å²) in [6, 6.07) is 10.3. The Balaban J connectivity index is 1.79. The summed E-state index contributed by atoms with van der Waals surface area (Å²) < 4.78 is 20.5. The Bertz CT molecular complexity index is 1120. The Kier molecular flexibility index (Phi) is 5.98. The lowest BCUT2D eigenvalue weighted by atomic mass is 9.95. The van der Waals surface area contributed by atoms with Gasteiger partial charge in [0.1, 0.15) is 23.0 Å². The number of nitrogens with one attached hydrogen (secondary N) is 1. The SMILES string of the molecule is CC(C)OCCCN1C(=O)c2[nH]nc(-c3cc(Cl)ccc3O)c2[C@H]1c1ccccc1F. The number of rotatable bonds is 7. The van der Waals surface area contributed by atoms with Crippen LogP contribution < -0.4 is 0 Å². The second-order valence-corrected chi connectivity index (χ2v) is 8.15. The molecule has 1 amide bonds. The predicted octanol–water partition coefficient (Wildman–Crippen LogP) is 4.94. The highest BCUT2D eigenvalue weighted by molar-refractivity contribution is 6.31. The number of carbonyl (C=O) groups excluding carboxylic acids is 1. The summed E-state index contributed by atoms with van der Waals surface area (Å²) in [5.74, 6) is -0.714. The summed E-state index contributed by atoms with van der Waals surface area (Å²) in [4.78, 5) is 14.8. The van der Waals surface area contributed by atoms with E-state index in [4.69, 9.17) is 16.3 Å². The minimum absolute atomic E-state index is 0.0257. The van der Waals surface area contributed by atoms with Gasteiger partial charge in [0, 0.05) is 34.9 Å². The monoisotopic (exact) mass is 443 g/mol. The van der Waals surface area contributed by atoms with Gasteiger partial charge in [-0.2, -0.15) is 5.10 Å². The first-order valence-electron chi connectivity index (χ1n) is 10.1. The molecule has 1 aromatic heterocycles. The van der Waals surface area contributed by atoms with Gasteiger partial charge in [-0.25, -0.2) is 4.39 Å². The molecule has 1 atom stereocenters. The van der Waals surface area contributed by atoms with Crippen LogP contribution in [0.2, 0.25) is 5.02 Å². The first-order chi connectivity index (χ1) is 14.9. The van der Waals surface area contributed by atoms with Crippen LogP contribution in [0.5, 0.6) is 5.75 Å². The van der Waals surface area contributed by atoms with Crippen molar-refractivity contribution in [3.63, 3.8) is 0 Å². The lowest BCUT2D eigenvalue weighted by molar-refractivity contribution is 0.0599. The van der Waals surface area contributed by atoms with Crippen molar-refractivity contribution in [2.75, 3.05) is 13.2 Å². The second kappa shape index (κ2) is 8.69. The predicted molar refractivity (Wildman–Crippen MR) is 116 cm³/mol. The maximum absolute atomic E-state index is 14.9. The minimum atomic E-state index is -0.685. The van der Waals surface area contributed by atoms with Crippen LogP contribution in [0, 0.1) is 5.82 Å². The van der Waals surface area contributed by atoms with Crippen molar-refractivity contribution in [2.45, 2.75) is 32.4 Å². The van der Waals surface area contributed by atoms with Crippen molar-refractivity contribution in [1.29, 1.82) is 0 Å². The Labute approximate surface area is 184 Å². The van der Waals surface area contributed by atoms with Crippen LogP contribution in [0.25, 0.3) is 11.3 Å². The van der Waals surface area contributed by atoms with Gasteiger partial charge in [-0.05, 0) is 44.5 Å². The van der Waals surface area contributed by atoms with E-state index in [0.29, 0.717) is 47.0 Å². The topological polar surface area (TPSA) is 78.5 Å². The van der Waals surface area contributed by atoms with E-state index in [1.165, 1.54) is 12.1 Å². The van der Waals surface area contributed by atoms with Gasteiger partial charge in [0.2, 0.25) is 0 Å². The number of benzene rings is 2. The van der Waals surface area contributed by atoms with Gasteiger partial charge in [0.05, 0.1) is 12.1 Å². The lowest BCUT2D eigenvalue weighted by Gasteiger charge is -2.27. The number of ether oxygens (including phenoxy) is 1. The number of halogens is 2. The third-order valence-corrected chi connectivity index (χ3v) is 5.51. The molecule has 162 valence electrons. The van der Waals surface area contributed by atoms with Gasteiger partial charge in [0.25, 0.3) is 5.91 Å². The number of hydrogen-bond donors (Lipinski definition) is 2. The Morgan fingerprint density at radius 3 is 2.81 bits per heavy atom. The molecule has 0 spiro atoms. The first-order valence-corrected chi connectivity index (χ1v) is 10.5. The van der Waals surface area contributed by atoms with Crippen molar-refractivity contribution in [3.05, 3.63) is 70.1 Å². The third-order valence-electron chi connectivity index (χ3n) is 5.27.